The summed E-state index contributed by atoms with van der Waals surface area (Å²) in [6.07, 6.45) is 2.03. The Balaban J connectivity index is 1.88. The first-order chi connectivity index (χ1) is 7.59. The van der Waals surface area contributed by atoms with Crippen molar-refractivity contribution in [1.29, 1.82) is 0 Å². The molecule has 1 N–H and O–H groups in total. The maximum Gasteiger partial charge on any atom is 0.254 e. The molecule has 0 unspecified atom stereocenters. The lowest BCUT2D eigenvalue weighted by molar-refractivity contribution is -0.0126. The molecule has 0 aromatic carbocycles. The van der Waals surface area contributed by atoms with Gasteiger partial charge in [-0.15, -0.1) is 0 Å². The number of aromatic nitrogens is 1. The predicted molar refractivity (Wildman–Crippen MR) is 60.7 cm³/mol. The molecule has 6 heteroatoms. The Bertz CT molecular complexity index is 401. The van der Waals surface area contributed by atoms with Crippen molar-refractivity contribution in [2.75, 3.05) is 7.11 Å². The molecule has 0 amide bonds. The second-order valence-electron chi connectivity index (χ2n) is 3.94. The summed E-state index contributed by atoms with van der Waals surface area (Å²) in [6.45, 7) is 3.98. The fourth-order valence-corrected chi connectivity index (χ4v) is 2.14. The van der Waals surface area contributed by atoms with Crippen molar-refractivity contribution in [3.8, 4) is 5.88 Å². The summed E-state index contributed by atoms with van der Waals surface area (Å²) in [5, 5.41) is 4.71. The highest BCUT2D eigenvalue weighted by molar-refractivity contribution is 8.02. The van der Waals surface area contributed by atoms with E-state index in [1.54, 1.807) is 24.9 Å². The Morgan fingerprint density at radius 1 is 1.56 bits per heavy atom. The minimum absolute atomic E-state index is 0.249. The second kappa shape index (κ2) is 4.39. The Morgan fingerprint density at radius 3 is 2.94 bits per heavy atom. The van der Waals surface area contributed by atoms with Gasteiger partial charge in [0, 0.05) is 6.07 Å². The van der Waals surface area contributed by atoms with Crippen molar-refractivity contribution >= 4 is 11.8 Å². The summed E-state index contributed by atoms with van der Waals surface area (Å²) in [7, 11) is 1.56. The van der Waals surface area contributed by atoms with Gasteiger partial charge in [-0.3, -0.25) is 10.3 Å². The van der Waals surface area contributed by atoms with E-state index in [-0.39, 0.29) is 5.60 Å². The average molecular weight is 242 g/mol. The number of ether oxygens (including phenoxy) is 1. The van der Waals surface area contributed by atoms with E-state index < -0.39 is 0 Å². The third-order valence-corrected chi connectivity index (χ3v) is 2.95. The molecule has 0 atom stereocenters. The highest BCUT2D eigenvalue weighted by Gasteiger charge is 2.24. The molecule has 1 aliphatic rings. The Labute approximate surface area is 98.1 Å². The van der Waals surface area contributed by atoms with Crippen LogP contribution in [0.2, 0.25) is 0 Å². The number of nitrogens with one attached hydrogen (secondary N) is 1. The van der Waals surface area contributed by atoms with Gasteiger partial charge in [0.05, 0.1) is 17.9 Å². The molecule has 16 heavy (non-hydrogen) atoms. The minimum atomic E-state index is -0.249. The van der Waals surface area contributed by atoms with Crippen LogP contribution in [0.25, 0.3) is 0 Å². The molecule has 88 valence electrons. The summed E-state index contributed by atoms with van der Waals surface area (Å²) in [5.74, 6) is 1.96. The van der Waals surface area contributed by atoms with Crippen LogP contribution in [0.5, 0.6) is 5.88 Å². The normalized spacial score (nSPS) is 18.1. The van der Waals surface area contributed by atoms with Gasteiger partial charge in [-0.25, -0.2) is 0 Å². The predicted octanol–water partition coefficient (Wildman–Crippen LogP) is 2.07. The zero-order valence-electron chi connectivity index (χ0n) is 9.44. The third-order valence-electron chi connectivity index (χ3n) is 2.01. The van der Waals surface area contributed by atoms with Crippen LogP contribution in [-0.4, -0.2) is 17.9 Å². The molecule has 2 heterocycles. The molecule has 0 saturated heterocycles. The van der Waals surface area contributed by atoms with Gasteiger partial charge in [0.25, 0.3) is 5.88 Å². The Kier molecular flexibility index (Phi) is 3.11. The number of thioether (sulfide) groups is 1. The molecule has 1 aromatic heterocycles. The van der Waals surface area contributed by atoms with Crippen LogP contribution >= 0.6 is 11.8 Å². The number of hydroxylamine groups is 1. The standard InChI is InChI=1S/C10H14N2O3S/c1-10(2)5-9(12-15-10)16-6-7-4-8(13-3)11-14-7/h4-5,12H,6H2,1-3H3. The molecule has 0 fully saturated rings. The van der Waals surface area contributed by atoms with Gasteiger partial charge in [0.1, 0.15) is 5.60 Å². The number of hydrogen-bond acceptors (Lipinski definition) is 6. The smallest absolute Gasteiger partial charge is 0.254 e. The van der Waals surface area contributed by atoms with Gasteiger partial charge in [0.15, 0.2) is 5.76 Å². The maximum absolute atomic E-state index is 5.33. The van der Waals surface area contributed by atoms with Gasteiger partial charge in [-0.1, -0.05) is 11.8 Å². The van der Waals surface area contributed by atoms with Crippen molar-refractivity contribution in [3.63, 3.8) is 0 Å². The van der Waals surface area contributed by atoms with E-state index in [1.165, 1.54) is 0 Å². The molecule has 1 aliphatic heterocycles. The molecule has 0 bridgehead atoms. The monoisotopic (exact) mass is 242 g/mol. The second-order valence-corrected chi connectivity index (χ2v) is 4.96. The van der Waals surface area contributed by atoms with Crippen molar-refractivity contribution < 1.29 is 14.1 Å². The Morgan fingerprint density at radius 2 is 2.38 bits per heavy atom. The first-order valence-corrected chi connectivity index (χ1v) is 5.87. The molecule has 5 nitrogen and oxygen atoms in total. The topological polar surface area (TPSA) is 56.5 Å². The molecular weight excluding hydrogens is 228 g/mol. The van der Waals surface area contributed by atoms with Crippen molar-refractivity contribution in [3.05, 3.63) is 22.9 Å². The molecule has 0 spiro atoms. The van der Waals surface area contributed by atoms with Gasteiger partial charge < -0.3 is 9.26 Å². The van der Waals surface area contributed by atoms with Crippen molar-refractivity contribution in [2.45, 2.75) is 25.2 Å². The van der Waals surface area contributed by atoms with Crippen molar-refractivity contribution in [1.82, 2.24) is 10.6 Å². The fraction of sp³-hybridized carbons (Fsp3) is 0.500. The summed E-state index contributed by atoms with van der Waals surface area (Å²) < 4.78 is 10.0. The van der Waals surface area contributed by atoms with Crippen LogP contribution in [0.1, 0.15) is 19.6 Å². The van der Waals surface area contributed by atoms with Crippen LogP contribution in [0.15, 0.2) is 21.7 Å². The number of nitrogens with zero attached hydrogens (tertiary/aromatic N) is 1. The third kappa shape index (κ3) is 2.70. The first kappa shape index (κ1) is 11.3. The first-order valence-electron chi connectivity index (χ1n) is 4.88. The maximum atomic E-state index is 5.33. The van der Waals surface area contributed by atoms with Gasteiger partial charge in [0.2, 0.25) is 0 Å². The zero-order chi connectivity index (χ0) is 11.6. The molecule has 0 saturated carbocycles. The van der Waals surface area contributed by atoms with Crippen LogP contribution in [0.3, 0.4) is 0 Å². The van der Waals surface area contributed by atoms with Crippen LogP contribution < -0.4 is 10.2 Å². The SMILES string of the molecule is COc1cc(CSC2=CC(C)(C)ON2)on1. The zero-order valence-corrected chi connectivity index (χ0v) is 10.3. The quantitative estimate of drug-likeness (QED) is 0.872. The van der Waals surface area contributed by atoms with Crippen LogP contribution in [-0.2, 0) is 10.6 Å². The summed E-state index contributed by atoms with van der Waals surface area (Å²) in [5.41, 5.74) is 2.62. The molecule has 0 radical (unpaired) electrons. The fourth-order valence-electron chi connectivity index (χ4n) is 1.23. The van der Waals surface area contributed by atoms with Crippen LogP contribution in [0, 0.1) is 0 Å². The average Bonchev–Trinajstić information content (AvgIpc) is 2.81. The lowest BCUT2D eigenvalue weighted by atomic mass is 10.1. The lowest BCUT2D eigenvalue weighted by Crippen LogP contribution is -2.20. The van der Waals surface area contributed by atoms with E-state index in [1.807, 2.05) is 19.9 Å². The highest BCUT2D eigenvalue weighted by atomic mass is 32.2. The molecule has 0 aliphatic carbocycles. The van der Waals surface area contributed by atoms with E-state index in [4.69, 9.17) is 14.1 Å². The van der Waals surface area contributed by atoms with Gasteiger partial charge >= 0.3 is 0 Å². The van der Waals surface area contributed by atoms with E-state index in [0.29, 0.717) is 11.6 Å². The summed E-state index contributed by atoms with van der Waals surface area (Å²) in [6, 6.07) is 1.77. The molecular formula is C10H14N2O3S. The summed E-state index contributed by atoms with van der Waals surface area (Å²) >= 11 is 1.60. The van der Waals surface area contributed by atoms with Gasteiger partial charge in [-0.05, 0) is 25.1 Å². The van der Waals surface area contributed by atoms with Crippen molar-refractivity contribution in [2.24, 2.45) is 0 Å². The number of rotatable bonds is 4. The van der Waals surface area contributed by atoms with E-state index in [2.05, 4.69) is 10.6 Å². The Hall–Kier alpha value is -1.14. The lowest BCUT2D eigenvalue weighted by Gasteiger charge is -2.11. The van der Waals surface area contributed by atoms with E-state index in [9.17, 15) is 0 Å². The van der Waals surface area contributed by atoms with E-state index in [0.717, 1.165) is 10.8 Å². The van der Waals surface area contributed by atoms with Crippen LogP contribution in [0.4, 0.5) is 0 Å². The van der Waals surface area contributed by atoms with E-state index >= 15 is 0 Å². The summed E-state index contributed by atoms with van der Waals surface area (Å²) in [4.78, 5) is 5.33. The number of hydrogen-bond donors (Lipinski definition) is 1. The molecule has 1 aromatic rings. The molecule has 2 rings (SSSR count). The highest BCUT2D eigenvalue weighted by Crippen LogP contribution is 2.28. The largest absolute Gasteiger partial charge is 0.479 e. The van der Waals surface area contributed by atoms with Gasteiger partial charge in [-0.2, -0.15) is 0 Å². The number of methoxy groups -OCH3 is 1. The minimum Gasteiger partial charge on any atom is -0.479 e.